The first kappa shape index (κ1) is 19.4. The normalized spacial score (nSPS) is 9.91. The molecule has 0 unspecified atom stereocenters. The minimum Gasteiger partial charge on any atom is -0.550 e. The number of anilines is 1. The van der Waals surface area contributed by atoms with E-state index in [1.54, 1.807) is 24.3 Å². The van der Waals surface area contributed by atoms with Crippen molar-refractivity contribution in [2.75, 3.05) is 5.73 Å². The van der Waals surface area contributed by atoms with Gasteiger partial charge in [-0.2, -0.15) is 0 Å². The number of hydrogen-bond acceptors (Lipinski definition) is 4. The molecule has 0 aliphatic rings. The first-order valence-corrected chi connectivity index (χ1v) is 7.42. The molecule has 2 N–H and O–H groups in total. The maximum absolute atomic E-state index is 12.5. The van der Waals surface area contributed by atoms with Crippen molar-refractivity contribution in [3.05, 3.63) is 61.7 Å². The van der Waals surface area contributed by atoms with Gasteiger partial charge in [0.25, 0.3) is 0 Å². The number of halogens is 2. The summed E-state index contributed by atoms with van der Waals surface area (Å²) in [6.45, 7) is 0. The molecule has 4 nitrogen and oxygen atoms in total. The van der Waals surface area contributed by atoms with E-state index in [2.05, 4.69) is 22.6 Å². The molecule has 0 spiro atoms. The first-order valence-electron chi connectivity index (χ1n) is 5.96. The standard InChI is InChI=1S/C15H11ClINO3.Na/c16-10-5-9(6-13(19)20)14(18)12(7-10)15(21)8-1-3-11(17)4-2-8;/h1-5,7H,6,18H2,(H,19,20);/q;+1/p-1. The summed E-state index contributed by atoms with van der Waals surface area (Å²) in [5.74, 6) is -1.58. The second-order valence-electron chi connectivity index (χ2n) is 4.41. The Morgan fingerprint density at radius 1 is 1.18 bits per heavy atom. The fraction of sp³-hybridized carbons (Fsp3) is 0.0667. The Hall–Kier alpha value is -0.600. The first-order chi connectivity index (χ1) is 9.88. The van der Waals surface area contributed by atoms with Gasteiger partial charge in [-0.25, -0.2) is 0 Å². The van der Waals surface area contributed by atoms with Crippen LogP contribution in [0.3, 0.4) is 0 Å². The number of carboxylic acid groups (broad SMARTS) is 1. The zero-order valence-corrected chi connectivity index (χ0v) is 16.6. The van der Waals surface area contributed by atoms with Gasteiger partial charge in [0.1, 0.15) is 0 Å². The summed E-state index contributed by atoms with van der Waals surface area (Å²) in [7, 11) is 0. The van der Waals surface area contributed by atoms with Gasteiger partial charge in [0.15, 0.2) is 5.78 Å². The van der Waals surface area contributed by atoms with Crippen molar-refractivity contribution in [1.82, 2.24) is 0 Å². The molecule has 2 aromatic rings. The number of hydrogen-bond donors (Lipinski definition) is 1. The molecule has 2 aromatic carbocycles. The molecule has 2 rings (SSSR count). The maximum Gasteiger partial charge on any atom is 1.00 e. The molecule has 108 valence electrons. The average Bonchev–Trinajstić information content (AvgIpc) is 2.42. The molecular formula is C15H10ClINNaO3. The average molecular weight is 438 g/mol. The van der Waals surface area contributed by atoms with Gasteiger partial charge in [0.05, 0.1) is 0 Å². The molecule has 0 aliphatic heterocycles. The van der Waals surface area contributed by atoms with Crippen LogP contribution >= 0.6 is 34.2 Å². The van der Waals surface area contributed by atoms with E-state index in [9.17, 15) is 14.7 Å². The third-order valence-corrected chi connectivity index (χ3v) is 3.85. The Morgan fingerprint density at radius 2 is 1.77 bits per heavy atom. The van der Waals surface area contributed by atoms with E-state index in [0.717, 1.165) is 3.57 Å². The van der Waals surface area contributed by atoms with Gasteiger partial charge in [-0.05, 0) is 64.6 Å². The minimum atomic E-state index is -1.28. The third kappa shape index (κ3) is 4.70. The topological polar surface area (TPSA) is 83.2 Å². The number of aliphatic carboxylic acids is 1. The van der Waals surface area contributed by atoms with Crippen LogP contribution in [0.2, 0.25) is 5.02 Å². The van der Waals surface area contributed by atoms with Crippen molar-refractivity contribution in [3.8, 4) is 0 Å². The van der Waals surface area contributed by atoms with E-state index in [-0.39, 0.29) is 63.6 Å². The monoisotopic (exact) mass is 437 g/mol. The quantitative estimate of drug-likeness (QED) is 0.290. The summed E-state index contributed by atoms with van der Waals surface area (Å²) in [6.07, 6.45) is -0.390. The molecule has 0 aromatic heterocycles. The van der Waals surface area contributed by atoms with Gasteiger partial charge < -0.3 is 15.6 Å². The zero-order chi connectivity index (χ0) is 15.6. The Morgan fingerprint density at radius 3 is 2.32 bits per heavy atom. The Balaban J connectivity index is 0.00000242. The summed E-state index contributed by atoms with van der Waals surface area (Å²) in [6, 6.07) is 9.84. The Labute approximate surface area is 168 Å². The molecule has 0 radical (unpaired) electrons. The zero-order valence-electron chi connectivity index (χ0n) is 11.7. The number of carbonyl (C=O) groups excluding carboxylic acids is 2. The number of rotatable bonds is 4. The van der Waals surface area contributed by atoms with Crippen molar-refractivity contribution < 1.29 is 44.3 Å². The van der Waals surface area contributed by atoms with E-state index >= 15 is 0 Å². The second kappa shape index (κ2) is 8.31. The number of nitrogens with two attached hydrogens (primary N) is 1. The van der Waals surface area contributed by atoms with Crippen molar-refractivity contribution in [1.29, 1.82) is 0 Å². The molecule has 0 heterocycles. The smallest absolute Gasteiger partial charge is 0.550 e. The number of ketones is 1. The van der Waals surface area contributed by atoms with E-state index in [0.29, 0.717) is 5.56 Å². The van der Waals surface area contributed by atoms with Crippen LogP contribution < -0.4 is 40.4 Å². The summed E-state index contributed by atoms with van der Waals surface area (Å²) in [5.41, 5.74) is 6.94. The molecule has 0 atom stereocenters. The Kier molecular flexibility index (Phi) is 7.34. The molecule has 0 saturated carbocycles. The largest absolute Gasteiger partial charge is 1.00 e. The van der Waals surface area contributed by atoms with Crippen LogP contribution in [0.1, 0.15) is 21.5 Å². The Bertz CT molecular complexity index is 719. The predicted octanol–water partition coefficient (Wildman–Crippen LogP) is -0.946. The second-order valence-corrected chi connectivity index (χ2v) is 6.09. The van der Waals surface area contributed by atoms with Crippen LogP contribution in [0.15, 0.2) is 36.4 Å². The van der Waals surface area contributed by atoms with Gasteiger partial charge >= 0.3 is 29.6 Å². The number of nitrogen functional groups attached to an aromatic ring is 1. The van der Waals surface area contributed by atoms with Gasteiger partial charge in [-0.15, -0.1) is 0 Å². The molecule has 0 saturated heterocycles. The summed E-state index contributed by atoms with van der Waals surface area (Å²) >= 11 is 8.08. The summed E-state index contributed by atoms with van der Waals surface area (Å²) in [4.78, 5) is 23.2. The van der Waals surface area contributed by atoms with Crippen LogP contribution in [-0.2, 0) is 11.2 Å². The maximum atomic E-state index is 12.5. The summed E-state index contributed by atoms with van der Waals surface area (Å²) < 4.78 is 1.00. The molecule has 0 amide bonds. The molecule has 0 bridgehead atoms. The van der Waals surface area contributed by atoms with Gasteiger partial charge in [-0.3, -0.25) is 4.79 Å². The van der Waals surface area contributed by atoms with E-state index in [4.69, 9.17) is 17.3 Å². The molecule has 0 fully saturated rings. The van der Waals surface area contributed by atoms with Gasteiger partial charge in [0.2, 0.25) is 0 Å². The predicted molar refractivity (Wildman–Crippen MR) is 87.2 cm³/mol. The molecular weight excluding hydrogens is 428 g/mol. The van der Waals surface area contributed by atoms with Crippen LogP contribution in [0.4, 0.5) is 5.69 Å². The summed E-state index contributed by atoms with van der Waals surface area (Å²) in [5, 5.41) is 11.0. The van der Waals surface area contributed by atoms with Crippen molar-refractivity contribution in [3.63, 3.8) is 0 Å². The number of carbonyl (C=O) groups is 2. The van der Waals surface area contributed by atoms with Crippen LogP contribution in [0, 0.1) is 3.57 Å². The van der Waals surface area contributed by atoms with Crippen molar-refractivity contribution >= 4 is 51.6 Å². The van der Waals surface area contributed by atoms with E-state index in [1.165, 1.54) is 12.1 Å². The number of benzene rings is 2. The minimum absolute atomic E-state index is 0. The van der Waals surface area contributed by atoms with Gasteiger partial charge in [-0.1, -0.05) is 11.6 Å². The van der Waals surface area contributed by atoms with Crippen molar-refractivity contribution in [2.24, 2.45) is 0 Å². The van der Waals surface area contributed by atoms with E-state index in [1.807, 2.05) is 0 Å². The fourth-order valence-corrected chi connectivity index (χ4v) is 2.52. The SMILES string of the molecule is Nc1c(CC(=O)[O-])cc(Cl)cc1C(=O)c1ccc(I)cc1.[Na+]. The molecule has 22 heavy (non-hydrogen) atoms. The van der Waals surface area contributed by atoms with Crippen LogP contribution in [0.5, 0.6) is 0 Å². The van der Waals surface area contributed by atoms with E-state index < -0.39 is 5.97 Å². The van der Waals surface area contributed by atoms with Crippen LogP contribution in [-0.4, -0.2) is 11.8 Å². The fourth-order valence-electron chi connectivity index (χ4n) is 1.92. The van der Waals surface area contributed by atoms with Crippen molar-refractivity contribution in [2.45, 2.75) is 6.42 Å². The molecule has 0 aliphatic carbocycles. The van der Waals surface area contributed by atoms with Gasteiger partial charge in [0, 0.05) is 37.8 Å². The van der Waals surface area contributed by atoms with Crippen LogP contribution in [0.25, 0.3) is 0 Å². The number of carboxylic acids is 1. The molecule has 7 heteroatoms. The third-order valence-electron chi connectivity index (χ3n) is 2.92.